The van der Waals surface area contributed by atoms with Crippen LogP contribution in [0.5, 0.6) is 0 Å². The first-order valence-corrected chi connectivity index (χ1v) is 11.1. The molecule has 1 heterocycles. The molecular weight excluding hydrogens is 396 g/mol. The van der Waals surface area contributed by atoms with Gasteiger partial charge in [-0.1, -0.05) is 83.6 Å². The number of benzene rings is 3. The second-order valence-corrected chi connectivity index (χ2v) is 8.81. The van der Waals surface area contributed by atoms with E-state index in [-0.39, 0.29) is 17.5 Å². The number of nitrogens with one attached hydrogen (secondary N) is 1. The SMILES string of the molecule is Cc1ccc(S(=O)(=O)NC[C@@H](c2ccccc2)n2cc(-c3ccccc3)nn2)cc1. The number of hydrogen-bond donors (Lipinski definition) is 1. The Labute approximate surface area is 176 Å². The second-order valence-electron chi connectivity index (χ2n) is 7.04. The normalized spacial score (nSPS) is 12.6. The van der Waals surface area contributed by atoms with Gasteiger partial charge in [-0.25, -0.2) is 17.8 Å². The molecule has 0 spiro atoms. The number of aryl methyl sites for hydroxylation is 1. The van der Waals surface area contributed by atoms with Crippen LogP contribution in [0.4, 0.5) is 0 Å². The minimum Gasteiger partial charge on any atom is -0.243 e. The van der Waals surface area contributed by atoms with Crippen molar-refractivity contribution in [2.24, 2.45) is 0 Å². The van der Waals surface area contributed by atoms with Gasteiger partial charge < -0.3 is 0 Å². The van der Waals surface area contributed by atoms with Crippen LogP contribution in [0.2, 0.25) is 0 Å². The molecule has 6 nitrogen and oxygen atoms in total. The fourth-order valence-electron chi connectivity index (χ4n) is 3.20. The van der Waals surface area contributed by atoms with Crippen LogP contribution >= 0.6 is 0 Å². The molecule has 7 heteroatoms. The van der Waals surface area contributed by atoms with Crippen LogP contribution in [0.15, 0.2) is 96.0 Å². The van der Waals surface area contributed by atoms with Crippen molar-refractivity contribution in [3.63, 3.8) is 0 Å². The third kappa shape index (κ3) is 4.48. The average molecular weight is 419 g/mol. The number of sulfonamides is 1. The molecule has 4 rings (SSSR count). The predicted octanol–water partition coefficient (Wildman–Crippen LogP) is 3.82. The zero-order chi connectivity index (χ0) is 21.0. The molecule has 0 aliphatic carbocycles. The van der Waals surface area contributed by atoms with Gasteiger partial charge in [-0.2, -0.15) is 0 Å². The molecule has 4 aromatic rings. The molecule has 0 aliphatic heterocycles. The van der Waals surface area contributed by atoms with Gasteiger partial charge in [0.2, 0.25) is 10.0 Å². The summed E-state index contributed by atoms with van der Waals surface area (Å²) in [5, 5.41) is 8.57. The van der Waals surface area contributed by atoms with Crippen molar-refractivity contribution in [1.82, 2.24) is 19.7 Å². The Balaban J connectivity index is 1.62. The Morgan fingerprint density at radius 3 is 2.20 bits per heavy atom. The van der Waals surface area contributed by atoms with E-state index in [4.69, 9.17) is 0 Å². The van der Waals surface area contributed by atoms with Crippen LogP contribution in [0.25, 0.3) is 11.3 Å². The fraction of sp³-hybridized carbons (Fsp3) is 0.130. The Morgan fingerprint density at radius 1 is 0.900 bits per heavy atom. The van der Waals surface area contributed by atoms with E-state index in [1.165, 1.54) is 0 Å². The smallest absolute Gasteiger partial charge is 0.240 e. The molecule has 0 aliphatic rings. The Morgan fingerprint density at radius 2 is 1.53 bits per heavy atom. The molecule has 0 saturated carbocycles. The standard InChI is InChI=1S/C23H22N4O2S/c1-18-12-14-21(15-13-18)30(28,29)24-16-23(20-10-6-3-7-11-20)27-17-22(25-26-27)19-8-4-2-5-9-19/h2-15,17,23-24H,16H2,1H3/t23-/m0/s1. The van der Waals surface area contributed by atoms with Gasteiger partial charge >= 0.3 is 0 Å². The first-order valence-electron chi connectivity index (χ1n) is 9.61. The van der Waals surface area contributed by atoms with E-state index in [2.05, 4.69) is 15.0 Å². The lowest BCUT2D eigenvalue weighted by molar-refractivity contribution is 0.492. The molecule has 0 bridgehead atoms. The number of aromatic nitrogens is 3. The molecule has 0 saturated heterocycles. The Kier molecular flexibility index (Phi) is 5.74. The summed E-state index contributed by atoms with van der Waals surface area (Å²) in [7, 11) is -3.64. The molecule has 1 N–H and O–H groups in total. The van der Waals surface area contributed by atoms with E-state index in [0.29, 0.717) is 0 Å². The summed E-state index contributed by atoms with van der Waals surface area (Å²) in [5.41, 5.74) is 3.63. The highest BCUT2D eigenvalue weighted by Crippen LogP contribution is 2.22. The van der Waals surface area contributed by atoms with E-state index >= 15 is 0 Å². The lowest BCUT2D eigenvalue weighted by atomic mass is 10.1. The Bertz CT molecular complexity index is 1210. The van der Waals surface area contributed by atoms with Crippen LogP contribution in [-0.2, 0) is 10.0 Å². The Hall–Kier alpha value is -3.29. The highest BCUT2D eigenvalue weighted by atomic mass is 32.2. The van der Waals surface area contributed by atoms with E-state index in [1.54, 1.807) is 28.9 Å². The molecule has 0 unspecified atom stereocenters. The summed E-state index contributed by atoms with van der Waals surface area (Å²) >= 11 is 0. The lowest BCUT2D eigenvalue weighted by Gasteiger charge is -2.18. The predicted molar refractivity (Wildman–Crippen MR) is 116 cm³/mol. The van der Waals surface area contributed by atoms with Crippen molar-refractivity contribution in [1.29, 1.82) is 0 Å². The molecule has 1 atom stereocenters. The van der Waals surface area contributed by atoms with E-state index in [9.17, 15) is 8.42 Å². The summed E-state index contributed by atoms with van der Waals surface area (Å²) in [5.74, 6) is 0. The molecule has 0 fully saturated rings. The van der Waals surface area contributed by atoms with E-state index in [0.717, 1.165) is 22.4 Å². The van der Waals surface area contributed by atoms with Gasteiger partial charge in [-0.15, -0.1) is 5.10 Å². The summed E-state index contributed by atoms with van der Waals surface area (Å²) in [6, 6.07) is 25.9. The number of rotatable bonds is 7. The molecular formula is C23H22N4O2S. The maximum Gasteiger partial charge on any atom is 0.240 e. The van der Waals surface area contributed by atoms with Crippen LogP contribution in [0.1, 0.15) is 17.2 Å². The molecule has 152 valence electrons. The van der Waals surface area contributed by atoms with Gasteiger partial charge in [0.25, 0.3) is 0 Å². The summed E-state index contributed by atoms with van der Waals surface area (Å²) in [4.78, 5) is 0.239. The molecule has 0 amide bonds. The molecule has 0 radical (unpaired) electrons. The first-order chi connectivity index (χ1) is 14.5. The van der Waals surface area contributed by atoms with E-state index < -0.39 is 10.0 Å². The van der Waals surface area contributed by atoms with Crippen molar-refractivity contribution >= 4 is 10.0 Å². The van der Waals surface area contributed by atoms with Crippen molar-refractivity contribution in [3.8, 4) is 11.3 Å². The molecule has 3 aromatic carbocycles. The van der Waals surface area contributed by atoms with Crippen molar-refractivity contribution in [2.75, 3.05) is 6.54 Å². The minimum absolute atomic E-state index is 0.151. The third-order valence-corrected chi connectivity index (χ3v) is 6.32. The quantitative estimate of drug-likeness (QED) is 0.495. The van der Waals surface area contributed by atoms with Crippen molar-refractivity contribution in [3.05, 3.63) is 102 Å². The van der Waals surface area contributed by atoms with Crippen LogP contribution in [-0.4, -0.2) is 30.0 Å². The van der Waals surface area contributed by atoms with Crippen molar-refractivity contribution < 1.29 is 8.42 Å². The lowest BCUT2D eigenvalue weighted by Crippen LogP contribution is -2.31. The second kappa shape index (κ2) is 8.61. The van der Waals surface area contributed by atoms with Crippen LogP contribution < -0.4 is 4.72 Å². The number of nitrogens with zero attached hydrogens (tertiary/aromatic N) is 3. The largest absolute Gasteiger partial charge is 0.243 e. The fourth-order valence-corrected chi connectivity index (χ4v) is 4.24. The zero-order valence-electron chi connectivity index (χ0n) is 16.5. The highest BCUT2D eigenvalue weighted by molar-refractivity contribution is 7.89. The molecule has 30 heavy (non-hydrogen) atoms. The molecule has 1 aromatic heterocycles. The maximum atomic E-state index is 12.8. The van der Waals surface area contributed by atoms with Gasteiger partial charge in [0.15, 0.2) is 0 Å². The van der Waals surface area contributed by atoms with Gasteiger partial charge in [-0.05, 0) is 24.6 Å². The van der Waals surface area contributed by atoms with Crippen LogP contribution in [0, 0.1) is 6.92 Å². The first kappa shape index (κ1) is 20.0. The number of hydrogen-bond acceptors (Lipinski definition) is 4. The van der Waals surface area contributed by atoms with Gasteiger partial charge in [0.05, 0.1) is 17.1 Å². The monoisotopic (exact) mass is 418 g/mol. The van der Waals surface area contributed by atoms with Crippen molar-refractivity contribution in [2.45, 2.75) is 17.9 Å². The average Bonchev–Trinajstić information content (AvgIpc) is 3.25. The van der Waals surface area contributed by atoms with Gasteiger partial charge in [0, 0.05) is 12.1 Å². The third-order valence-electron chi connectivity index (χ3n) is 4.88. The summed E-state index contributed by atoms with van der Waals surface area (Å²) in [6.45, 7) is 2.07. The van der Waals surface area contributed by atoms with Gasteiger partial charge in [0.1, 0.15) is 5.69 Å². The summed E-state index contributed by atoms with van der Waals surface area (Å²) < 4.78 is 30.0. The van der Waals surface area contributed by atoms with E-state index in [1.807, 2.05) is 73.8 Å². The topological polar surface area (TPSA) is 76.9 Å². The van der Waals surface area contributed by atoms with Crippen LogP contribution in [0.3, 0.4) is 0 Å². The highest BCUT2D eigenvalue weighted by Gasteiger charge is 2.21. The zero-order valence-corrected chi connectivity index (χ0v) is 17.3. The maximum absolute atomic E-state index is 12.8. The van der Waals surface area contributed by atoms with Gasteiger partial charge in [-0.3, -0.25) is 0 Å². The summed E-state index contributed by atoms with van der Waals surface area (Å²) in [6.07, 6.45) is 1.84. The minimum atomic E-state index is -3.64.